The first-order valence-corrected chi connectivity index (χ1v) is 10.7. The maximum atomic E-state index is 6.41. The third-order valence-corrected chi connectivity index (χ3v) is 4.55. The third-order valence-electron chi connectivity index (χ3n) is 4.55. The zero-order chi connectivity index (χ0) is 22.2. The Morgan fingerprint density at radius 2 is 1.04 bits per heavy atom. The van der Waals surface area contributed by atoms with Crippen LogP contribution in [0.4, 0.5) is 0 Å². The van der Waals surface area contributed by atoms with E-state index in [4.69, 9.17) is 4.74 Å². The third kappa shape index (κ3) is 7.70. The second kappa shape index (κ2) is 11.3. The van der Waals surface area contributed by atoms with Crippen LogP contribution in [0.25, 0.3) is 0 Å². The molecule has 0 unspecified atom stereocenters. The molecule has 2 aromatic rings. The van der Waals surface area contributed by atoms with Crippen molar-refractivity contribution in [3.8, 4) is 5.75 Å². The van der Waals surface area contributed by atoms with Crippen LogP contribution in [0.15, 0.2) is 24.3 Å². The highest BCUT2D eigenvalue weighted by Gasteiger charge is 2.27. The van der Waals surface area contributed by atoms with Gasteiger partial charge in [0, 0.05) is 5.56 Å². The van der Waals surface area contributed by atoms with Gasteiger partial charge in [0.25, 0.3) is 0 Å². The van der Waals surface area contributed by atoms with Crippen LogP contribution in [0.2, 0.25) is 0 Å². The summed E-state index contributed by atoms with van der Waals surface area (Å²) in [5.41, 5.74) is 8.73. The van der Waals surface area contributed by atoms with Gasteiger partial charge in [0.15, 0.2) is 0 Å². The molecule has 0 N–H and O–H groups in total. The quantitative estimate of drug-likeness (QED) is 0.515. The van der Waals surface area contributed by atoms with Crippen LogP contribution in [0, 0.1) is 47.5 Å². The van der Waals surface area contributed by atoms with Gasteiger partial charge in [0.05, 0.1) is 0 Å². The van der Waals surface area contributed by atoms with Crippen molar-refractivity contribution in [2.75, 3.05) is 0 Å². The molecule has 0 amide bonds. The lowest BCUT2D eigenvalue weighted by molar-refractivity contribution is 0.107. The van der Waals surface area contributed by atoms with E-state index in [9.17, 15) is 0 Å². The van der Waals surface area contributed by atoms with Gasteiger partial charge in [-0.1, -0.05) is 52.3 Å². The van der Waals surface area contributed by atoms with Crippen molar-refractivity contribution in [1.29, 1.82) is 0 Å². The van der Waals surface area contributed by atoms with E-state index in [1.165, 1.54) is 38.9 Å². The van der Waals surface area contributed by atoms with Crippen LogP contribution >= 0.6 is 0 Å². The van der Waals surface area contributed by atoms with E-state index >= 15 is 0 Å². The van der Waals surface area contributed by atoms with Crippen LogP contribution in [-0.4, -0.2) is 0 Å². The van der Waals surface area contributed by atoms with Crippen LogP contribution in [-0.2, 0) is 5.60 Å². The molecule has 0 aliphatic rings. The average Bonchev–Trinajstić information content (AvgIpc) is 2.52. The Kier molecular flexibility index (Phi) is 10.6. The smallest absolute Gasteiger partial charge is 0.129 e. The van der Waals surface area contributed by atoms with Crippen LogP contribution in [0.3, 0.4) is 0 Å². The lowest BCUT2D eigenvalue weighted by Gasteiger charge is -2.31. The molecule has 1 heteroatoms. The molecule has 0 bridgehead atoms. The first-order valence-electron chi connectivity index (χ1n) is 10.7. The Bertz CT molecular complexity index is 702. The van der Waals surface area contributed by atoms with E-state index in [-0.39, 0.29) is 5.60 Å². The number of aryl methyl sites for hydroxylation is 5. The summed E-state index contributed by atoms with van der Waals surface area (Å²) < 4.78 is 6.41. The second-order valence-corrected chi connectivity index (χ2v) is 8.80. The summed E-state index contributed by atoms with van der Waals surface area (Å²) in [6.45, 7) is 27.7. The fourth-order valence-corrected chi connectivity index (χ4v) is 3.53. The fourth-order valence-electron chi connectivity index (χ4n) is 3.53. The highest BCUT2D eigenvalue weighted by atomic mass is 16.5. The Hall–Kier alpha value is -1.76. The number of hydrogen-bond donors (Lipinski definition) is 0. The molecule has 0 fully saturated rings. The minimum absolute atomic E-state index is 0.351. The molecule has 0 aliphatic carbocycles. The van der Waals surface area contributed by atoms with E-state index in [2.05, 4.69) is 100 Å². The summed E-state index contributed by atoms with van der Waals surface area (Å²) >= 11 is 0. The summed E-state index contributed by atoms with van der Waals surface area (Å²) in [7, 11) is 0. The van der Waals surface area contributed by atoms with E-state index in [0.717, 1.165) is 11.7 Å². The molecule has 0 aliphatic heterocycles. The number of benzene rings is 2. The lowest BCUT2D eigenvalue weighted by Crippen LogP contribution is -2.27. The normalized spacial score (nSPS) is 10.6. The summed E-state index contributed by atoms with van der Waals surface area (Å²) in [5, 5.41) is 0. The molecule has 28 heavy (non-hydrogen) atoms. The SMILES string of the molecule is CC.CC(C)C.Cc1cc(C)c(C(C)(C)Oc2cc(C)c(C)c(C)c2)c(C)c1. The van der Waals surface area contributed by atoms with Crippen LogP contribution in [0.5, 0.6) is 5.75 Å². The van der Waals surface area contributed by atoms with Crippen LogP contribution < -0.4 is 4.74 Å². The van der Waals surface area contributed by atoms with Gasteiger partial charge in [-0.25, -0.2) is 0 Å². The number of hydrogen-bond acceptors (Lipinski definition) is 1. The Balaban J connectivity index is 0.00000108. The second-order valence-electron chi connectivity index (χ2n) is 8.80. The molecule has 0 aromatic heterocycles. The van der Waals surface area contributed by atoms with Crippen molar-refractivity contribution >= 4 is 0 Å². The monoisotopic (exact) mass is 384 g/mol. The summed E-state index contributed by atoms with van der Waals surface area (Å²) in [6, 6.07) is 8.75. The molecule has 2 rings (SSSR count). The van der Waals surface area contributed by atoms with Crippen molar-refractivity contribution in [3.05, 3.63) is 63.2 Å². The van der Waals surface area contributed by atoms with E-state index in [0.29, 0.717) is 0 Å². The molecule has 158 valence electrons. The molecular formula is C27H44O. The van der Waals surface area contributed by atoms with Crippen molar-refractivity contribution < 1.29 is 4.74 Å². The molecule has 0 atom stereocenters. The predicted molar refractivity (Wildman–Crippen MR) is 127 cm³/mol. The van der Waals surface area contributed by atoms with E-state index in [1.807, 2.05) is 13.8 Å². The molecule has 0 saturated heterocycles. The van der Waals surface area contributed by atoms with Gasteiger partial charge < -0.3 is 4.74 Å². The molecule has 0 saturated carbocycles. The Morgan fingerprint density at radius 1 is 0.679 bits per heavy atom. The Labute approximate surface area is 175 Å². The highest BCUT2D eigenvalue weighted by molar-refractivity contribution is 5.44. The molecule has 0 heterocycles. The summed E-state index contributed by atoms with van der Waals surface area (Å²) in [6.07, 6.45) is 0. The van der Waals surface area contributed by atoms with E-state index in [1.54, 1.807) is 0 Å². The van der Waals surface area contributed by atoms with Crippen molar-refractivity contribution in [2.45, 2.75) is 95.6 Å². The fraction of sp³-hybridized carbons (Fsp3) is 0.556. The van der Waals surface area contributed by atoms with E-state index < -0.39 is 0 Å². The Morgan fingerprint density at radius 3 is 1.39 bits per heavy atom. The lowest BCUT2D eigenvalue weighted by atomic mass is 9.88. The maximum absolute atomic E-state index is 6.41. The van der Waals surface area contributed by atoms with Gasteiger partial charge in [-0.15, -0.1) is 0 Å². The van der Waals surface area contributed by atoms with Crippen molar-refractivity contribution in [3.63, 3.8) is 0 Å². The molecule has 0 spiro atoms. The van der Waals surface area contributed by atoms with Crippen LogP contribution in [0.1, 0.15) is 87.4 Å². The minimum atomic E-state index is -0.351. The van der Waals surface area contributed by atoms with Gasteiger partial charge >= 0.3 is 0 Å². The van der Waals surface area contributed by atoms with Crippen molar-refractivity contribution in [1.82, 2.24) is 0 Å². The first kappa shape index (κ1) is 26.2. The number of ether oxygens (including phenoxy) is 1. The molecule has 2 aromatic carbocycles. The molecular weight excluding hydrogens is 340 g/mol. The number of rotatable bonds is 3. The first-order chi connectivity index (χ1) is 12.8. The van der Waals surface area contributed by atoms with Gasteiger partial charge in [0.1, 0.15) is 11.4 Å². The highest BCUT2D eigenvalue weighted by Crippen LogP contribution is 2.34. The predicted octanol–water partition coefficient (Wildman–Crippen LogP) is 8.54. The maximum Gasteiger partial charge on any atom is 0.129 e. The van der Waals surface area contributed by atoms with Gasteiger partial charge in [-0.05, 0) is 101 Å². The molecule has 0 radical (unpaired) electrons. The summed E-state index contributed by atoms with van der Waals surface area (Å²) in [5.74, 6) is 1.78. The van der Waals surface area contributed by atoms with Gasteiger partial charge in [0.2, 0.25) is 0 Å². The topological polar surface area (TPSA) is 9.23 Å². The average molecular weight is 385 g/mol. The summed E-state index contributed by atoms with van der Waals surface area (Å²) in [4.78, 5) is 0. The zero-order valence-corrected chi connectivity index (χ0v) is 20.8. The zero-order valence-electron chi connectivity index (χ0n) is 20.8. The standard InChI is InChI=1S/C21H28O.C4H10.C2H6/c1-13-9-16(4)20(17(5)10-13)21(7,8)22-19-11-14(2)18(6)15(3)12-19;1-4(2)3;1-2/h9-12H,1-8H3;4H,1-3H3;1-2H3. The molecule has 1 nitrogen and oxygen atoms in total. The van der Waals surface area contributed by atoms with Gasteiger partial charge in [-0.3, -0.25) is 0 Å². The largest absolute Gasteiger partial charge is 0.483 e. The van der Waals surface area contributed by atoms with Gasteiger partial charge in [-0.2, -0.15) is 0 Å². The van der Waals surface area contributed by atoms with Crippen molar-refractivity contribution in [2.24, 2.45) is 5.92 Å². The minimum Gasteiger partial charge on any atom is -0.483 e.